The van der Waals surface area contributed by atoms with Crippen LogP contribution in [0.2, 0.25) is 0 Å². The van der Waals surface area contributed by atoms with E-state index >= 15 is 0 Å². The van der Waals surface area contributed by atoms with Crippen LogP contribution in [-0.4, -0.2) is 23.8 Å². The van der Waals surface area contributed by atoms with Gasteiger partial charge in [0.05, 0.1) is 5.69 Å². The number of benzene rings is 2. The van der Waals surface area contributed by atoms with Crippen LogP contribution >= 0.6 is 0 Å². The molecule has 0 N–H and O–H groups in total. The van der Waals surface area contributed by atoms with Crippen molar-refractivity contribution in [3.05, 3.63) is 105 Å². The zero-order chi connectivity index (χ0) is 24.5. The lowest BCUT2D eigenvalue weighted by Gasteiger charge is -2.13. The van der Waals surface area contributed by atoms with Gasteiger partial charge < -0.3 is 8.92 Å². The molecule has 0 atom stereocenters. The summed E-state index contributed by atoms with van der Waals surface area (Å²) in [4.78, 5) is 29.5. The Labute approximate surface area is 196 Å². The summed E-state index contributed by atoms with van der Waals surface area (Å²) in [6.07, 6.45) is 1.67. The highest BCUT2D eigenvalue weighted by Crippen LogP contribution is 2.26. The summed E-state index contributed by atoms with van der Waals surface area (Å²) in [7, 11) is -4.19. The van der Waals surface area contributed by atoms with Gasteiger partial charge in [0.2, 0.25) is 0 Å². The van der Waals surface area contributed by atoms with Crippen LogP contribution in [0.25, 0.3) is 5.65 Å². The van der Waals surface area contributed by atoms with Gasteiger partial charge in [-0.2, -0.15) is 8.42 Å². The number of hydrogen-bond acceptors (Lipinski definition) is 7. The molecule has 0 aliphatic heterocycles. The molecular formula is C25H22N2O6S. The maximum absolute atomic E-state index is 12.9. The molecule has 0 fully saturated rings. The van der Waals surface area contributed by atoms with E-state index in [1.165, 1.54) is 28.7 Å². The second-order valence-corrected chi connectivity index (χ2v) is 9.41. The number of aromatic nitrogens is 2. The summed E-state index contributed by atoms with van der Waals surface area (Å²) >= 11 is 0. The first-order valence-corrected chi connectivity index (χ1v) is 11.8. The zero-order valence-corrected chi connectivity index (χ0v) is 19.6. The molecule has 0 saturated heterocycles. The summed E-state index contributed by atoms with van der Waals surface area (Å²) in [6, 6.07) is 15.7. The van der Waals surface area contributed by atoms with E-state index < -0.39 is 16.1 Å². The largest absolute Gasteiger partial charge is 0.455 e. The Kier molecular flexibility index (Phi) is 6.21. The molecule has 2 aromatic heterocycles. The fourth-order valence-corrected chi connectivity index (χ4v) is 4.66. The first kappa shape index (κ1) is 23.2. The van der Waals surface area contributed by atoms with Crippen molar-refractivity contribution in [3.63, 3.8) is 0 Å². The molecule has 9 heteroatoms. The molecule has 0 radical (unpaired) electrons. The van der Waals surface area contributed by atoms with Gasteiger partial charge in [-0.05, 0) is 61.7 Å². The minimum atomic E-state index is -4.19. The molecule has 174 valence electrons. The predicted molar refractivity (Wildman–Crippen MR) is 125 cm³/mol. The Balaban J connectivity index is 1.56. The Morgan fingerprint density at radius 3 is 2.50 bits per heavy atom. The van der Waals surface area contributed by atoms with Gasteiger partial charge in [-0.15, -0.1) is 0 Å². The van der Waals surface area contributed by atoms with Crippen LogP contribution in [0.5, 0.6) is 5.75 Å². The molecule has 2 aromatic carbocycles. The minimum Gasteiger partial charge on any atom is -0.455 e. The van der Waals surface area contributed by atoms with Crippen molar-refractivity contribution in [1.82, 2.24) is 9.38 Å². The summed E-state index contributed by atoms with van der Waals surface area (Å²) < 4.78 is 37.8. The Bertz CT molecular complexity index is 1570. The van der Waals surface area contributed by atoms with E-state index in [4.69, 9.17) is 8.92 Å². The SMILES string of the molecule is Cc1ccc(C)c(S(=O)(=O)Oc2ccccc2C(=O)OCc2cc(=O)n3cc(C)ccc3n2)c1. The quantitative estimate of drug-likeness (QED) is 0.307. The molecule has 4 aromatic rings. The van der Waals surface area contributed by atoms with E-state index in [0.29, 0.717) is 11.2 Å². The van der Waals surface area contributed by atoms with Gasteiger partial charge in [-0.25, -0.2) is 9.78 Å². The Hall–Kier alpha value is -3.98. The molecule has 0 saturated carbocycles. The molecule has 0 amide bonds. The number of rotatable bonds is 6. The Morgan fingerprint density at radius 2 is 1.71 bits per heavy atom. The van der Waals surface area contributed by atoms with Crippen molar-refractivity contribution in [1.29, 1.82) is 0 Å². The van der Waals surface area contributed by atoms with Gasteiger partial charge in [-0.1, -0.05) is 30.3 Å². The molecule has 0 unspecified atom stereocenters. The fraction of sp³-hybridized carbons (Fsp3) is 0.160. The van der Waals surface area contributed by atoms with Crippen molar-refractivity contribution < 1.29 is 22.1 Å². The maximum Gasteiger partial charge on any atom is 0.342 e. The second kappa shape index (κ2) is 9.11. The van der Waals surface area contributed by atoms with E-state index in [0.717, 1.165) is 11.1 Å². The van der Waals surface area contributed by atoms with E-state index in [-0.39, 0.29) is 34.1 Å². The number of para-hydroxylation sites is 1. The number of pyridine rings is 1. The van der Waals surface area contributed by atoms with Crippen molar-refractivity contribution in [2.24, 2.45) is 0 Å². The Morgan fingerprint density at radius 1 is 0.971 bits per heavy atom. The van der Waals surface area contributed by atoms with Crippen LogP contribution in [0, 0.1) is 20.8 Å². The van der Waals surface area contributed by atoms with Gasteiger partial charge in [0.15, 0.2) is 5.75 Å². The summed E-state index contributed by atoms with van der Waals surface area (Å²) in [5.41, 5.74) is 2.51. The minimum absolute atomic E-state index is 0.0201. The smallest absolute Gasteiger partial charge is 0.342 e. The topological polar surface area (TPSA) is 104 Å². The normalized spacial score (nSPS) is 11.4. The summed E-state index contributed by atoms with van der Waals surface area (Å²) in [5.74, 6) is -0.965. The fourth-order valence-electron chi connectivity index (χ4n) is 3.40. The number of carbonyl (C=O) groups is 1. The van der Waals surface area contributed by atoms with E-state index in [2.05, 4.69) is 4.98 Å². The van der Waals surface area contributed by atoms with Crippen LogP contribution in [0.4, 0.5) is 0 Å². The molecule has 0 spiro atoms. The standard InChI is InChI=1S/C25H22N2O6S/c1-16-8-10-18(3)22(12-16)34(30,31)33-21-7-5-4-6-20(21)25(29)32-15-19-13-24(28)27-14-17(2)9-11-23(27)26-19/h4-14H,15H2,1-3H3. The molecule has 4 rings (SSSR count). The highest BCUT2D eigenvalue weighted by Gasteiger charge is 2.23. The van der Waals surface area contributed by atoms with Crippen LogP contribution in [0.3, 0.4) is 0 Å². The number of carbonyl (C=O) groups excluding carboxylic acids is 1. The molecule has 8 nitrogen and oxygen atoms in total. The zero-order valence-electron chi connectivity index (χ0n) is 18.8. The molecule has 0 aliphatic rings. The monoisotopic (exact) mass is 478 g/mol. The average Bonchev–Trinajstić information content (AvgIpc) is 2.79. The van der Waals surface area contributed by atoms with Gasteiger partial charge in [0.25, 0.3) is 5.56 Å². The molecule has 2 heterocycles. The maximum atomic E-state index is 12.9. The molecule has 34 heavy (non-hydrogen) atoms. The first-order valence-electron chi connectivity index (χ1n) is 10.4. The van der Waals surface area contributed by atoms with Gasteiger partial charge in [-0.3, -0.25) is 9.20 Å². The number of esters is 1. The van der Waals surface area contributed by atoms with Crippen LogP contribution in [0.1, 0.15) is 32.7 Å². The molecular weight excluding hydrogens is 456 g/mol. The predicted octanol–water partition coefficient (Wildman–Crippen LogP) is 3.74. The number of fused-ring (bicyclic) bond motifs is 1. The highest BCUT2D eigenvalue weighted by molar-refractivity contribution is 7.87. The third-order valence-corrected chi connectivity index (χ3v) is 6.51. The first-order chi connectivity index (χ1) is 16.1. The van der Waals surface area contributed by atoms with E-state index in [1.54, 1.807) is 50.4 Å². The van der Waals surface area contributed by atoms with Crippen LogP contribution < -0.4 is 9.74 Å². The summed E-state index contributed by atoms with van der Waals surface area (Å²) in [5, 5.41) is 0. The second-order valence-electron chi connectivity index (χ2n) is 7.90. The van der Waals surface area contributed by atoms with E-state index in [1.807, 2.05) is 13.0 Å². The third kappa shape index (κ3) is 4.84. The lowest BCUT2D eigenvalue weighted by molar-refractivity contribution is 0.0466. The number of ether oxygens (including phenoxy) is 1. The number of aryl methyl sites for hydroxylation is 3. The number of nitrogens with zero attached hydrogens (tertiary/aromatic N) is 2. The van der Waals surface area contributed by atoms with Crippen LogP contribution in [0.15, 0.2) is 76.6 Å². The van der Waals surface area contributed by atoms with Crippen molar-refractivity contribution in [2.45, 2.75) is 32.3 Å². The van der Waals surface area contributed by atoms with Crippen molar-refractivity contribution in [3.8, 4) is 5.75 Å². The van der Waals surface area contributed by atoms with Gasteiger partial charge >= 0.3 is 16.1 Å². The highest BCUT2D eigenvalue weighted by atomic mass is 32.2. The van der Waals surface area contributed by atoms with Gasteiger partial charge in [0.1, 0.15) is 22.7 Å². The molecule has 0 bridgehead atoms. The third-order valence-electron chi connectivity index (χ3n) is 5.13. The lowest BCUT2D eigenvalue weighted by Crippen LogP contribution is -2.17. The van der Waals surface area contributed by atoms with Gasteiger partial charge in [0, 0.05) is 12.3 Å². The molecule has 0 aliphatic carbocycles. The van der Waals surface area contributed by atoms with Crippen molar-refractivity contribution in [2.75, 3.05) is 0 Å². The number of hydrogen-bond donors (Lipinski definition) is 0. The van der Waals surface area contributed by atoms with Crippen LogP contribution in [-0.2, 0) is 21.5 Å². The van der Waals surface area contributed by atoms with Crippen molar-refractivity contribution >= 4 is 21.7 Å². The average molecular weight is 479 g/mol. The lowest BCUT2D eigenvalue weighted by atomic mass is 10.2. The summed E-state index contributed by atoms with van der Waals surface area (Å²) in [6.45, 7) is 5.03. The van der Waals surface area contributed by atoms with E-state index in [9.17, 15) is 18.0 Å².